The number of aromatic nitrogens is 3. The summed E-state index contributed by atoms with van der Waals surface area (Å²) in [4.78, 5) is 15.2. The molecule has 0 bridgehead atoms. The van der Waals surface area contributed by atoms with Gasteiger partial charge in [0.15, 0.2) is 0 Å². The third-order valence-electron chi connectivity index (χ3n) is 3.22. The summed E-state index contributed by atoms with van der Waals surface area (Å²) in [6.07, 6.45) is 3.42. The second kappa shape index (κ2) is 5.83. The van der Waals surface area contributed by atoms with Crippen LogP contribution >= 0.6 is 0 Å². The van der Waals surface area contributed by atoms with E-state index in [1.54, 1.807) is 18.5 Å². The Morgan fingerprint density at radius 3 is 2.60 bits per heavy atom. The molecular formula is C14H17N5O. The fourth-order valence-corrected chi connectivity index (χ4v) is 2.13. The van der Waals surface area contributed by atoms with Crippen LogP contribution in [0, 0.1) is 6.92 Å². The standard InChI is InChI=1S/C14H17N5O/c1-11-12(18-14-15-5-2-6-16-14)3-4-13(17-11)19-7-9-20-10-8-19/h2-6H,7-10H2,1H3,(H,15,16,18). The molecule has 2 aromatic rings. The van der Waals surface area contributed by atoms with Crippen LogP contribution in [0.4, 0.5) is 17.5 Å². The zero-order chi connectivity index (χ0) is 13.8. The van der Waals surface area contributed by atoms with Crippen molar-refractivity contribution in [2.24, 2.45) is 0 Å². The molecule has 6 heteroatoms. The van der Waals surface area contributed by atoms with Crippen molar-refractivity contribution in [1.29, 1.82) is 0 Å². The van der Waals surface area contributed by atoms with Gasteiger partial charge in [-0.2, -0.15) is 0 Å². The van der Waals surface area contributed by atoms with E-state index in [2.05, 4.69) is 25.2 Å². The highest BCUT2D eigenvalue weighted by atomic mass is 16.5. The van der Waals surface area contributed by atoms with Gasteiger partial charge in [0, 0.05) is 25.5 Å². The SMILES string of the molecule is Cc1nc(N2CCOCC2)ccc1Nc1ncccn1. The van der Waals surface area contributed by atoms with Crippen LogP contribution in [-0.4, -0.2) is 41.3 Å². The minimum absolute atomic E-state index is 0.580. The number of aryl methyl sites for hydroxylation is 1. The predicted octanol–water partition coefficient (Wildman–Crippen LogP) is 1.76. The van der Waals surface area contributed by atoms with Gasteiger partial charge in [-0.3, -0.25) is 0 Å². The maximum Gasteiger partial charge on any atom is 0.227 e. The highest BCUT2D eigenvalue weighted by Gasteiger charge is 2.13. The van der Waals surface area contributed by atoms with Gasteiger partial charge in [-0.1, -0.05) is 0 Å². The smallest absolute Gasteiger partial charge is 0.227 e. The Labute approximate surface area is 117 Å². The van der Waals surface area contributed by atoms with Gasteiger partial charge in [0.25, 0.3) is 0 Å². The molecule has 1 aliphatic heterocycles. The van der Waals surface area contributed by atoms with Gasteiger partial charge < -0.3 is 15.0 Å². The minimum atomic E-state index is 0.580. The van der Waals surface area contributed by atoms with E-state index in [9.17, 15) is 0 Å². The number of hydrogen-bond donors (Lipinski definition) is 1. The van der Waals surface area contributed by atoms with E-state index in [0.29, 0.717) is 5.95 Å². The van der Waals surface area contributed by atoms with Crippen molar-refractivity contribution >= 4 is 17.5 Å². The Hall–Kier alpha value is -2.21. The van der Waals surface area contributed by atoms with Crippen molar-refractivity contribution in [2.45, 2.75) is 6.92 Å². The molecule has 0 aliphatic carbocycles. The number of pyridine rings is 1. The van der Waals surface area contributed by atoms with Crippen LogP contribution in [-0.2, 0) is 4.74 Å². The molecule has 0 aromatic carbocycles. The van der Waals surface area contributed by atoms with Crippen LogP contribution in [0.5, 0.6) is 0 Å². The normalized spacial score (nSPS) is 15.2. The Kier molecular flexibility index (Phi) is 3.73. The number of anilines is 3. The van der Waals surface area contributed by atoms with E-state index < -0.39 is 0 Å². The average molecular weight is 271 g/mol. The Morgan fingerprint density at radius 2 is 1.90 bits per heavy atom. The summed E-state index contributed by atoms with van der Waals surface area (Å²) >= 11 is 0. The molecule has 20 heavy (non-hydrogen) atoms. The third-order valence-corrected chi connectivity index (χ3v) is 3.22. The molecule has 0 saturated carbocycles. The zero-order valence-electron chi connectivity index (χ0n) is 11.4. The van der Waals surface area contributed by atoms with Crippen molar-refractivity contribution < 1.29 is 4.74 Å². The van der Waals surface area contributed by atoms with Gasteiger partial charge in [-0.25, -0.2) is 15.0 Å². The minimum Gasteiger partial charge on any atom is -0.378 e. The van der Waals surface area contributed by atoms with E-state index in [1.807, 2.05) is 19.1 Å². The van der Waals surface area contributed by atoms with Gasteiger partial charge in [0.05, 0.1) is 24.6 Å². The van der Waals surface area contributed by atoms with E-state index in [4.69, 9.17) is 4.74 Å². The summed E-state index contributed by atoms with van der Waals surface area (Å²) in [6.45, 7) is 5.29. The molecule has 0 atom stereocenters. The second-order valence-corrected chi connectivity index (χ2v) is 4.60. The molecule has 2 aromatic heterocycles. The van der Waals surface area contributed by atoms with E-state index in [1.165, 1.54) is 0 Å². The van der Waals surface area contributed by atoms with Crippen LogP contribution in [0.3, 0.4) is 0 Å². The first-order valence-electron chi connectivity index (χ1n) is 6.67. The van der Waals surface area contributed by atoms with Crippen molar-refractivity contribution in [1.82, 2.24) is 15.0 Å². The molecule has 1 fully saturated rings. The highest BCUT2D eigenvalue weighted by Crippen LogP contribution is 2.21. The molecule has 3 rings (SSSR count). The Balaban J connectivity index is 1.77. The lowest BCUT2D eigenvalue weighted by Crippen LogP contribution is -2.36. The van der Waals surface area contributed by atoms with E-state index >= 15 is 0 Å². The second-order valence-electron chi connectivity index (χ2n) is 4.60. The number of nitrogens with zero attached hydrogens (tertiary/aromatic N) is 4. The van der Waals surface area contributed by atoms with Crippen molar-refractivity contribution in [3.8, 4) is 0 Å². The molecule has 0 spiro atoms. The first-order valence-corrected chi connectivity index (χ1v) is 6.67. The van der Waals surface area contributed by atoms with Crippen molar-refractivity contribution in [3.05, 3.63) is 36.3 Å². The number of nitrogens with one attached hydrogen (secondary N) is 1. The summed E-state index contributed by atoms with van der Waals surface area (Å²) in [5, 5.41) is 3.17. The molecule has 3 heterocycles. The monoisotopic (exact) mass is 271 g/mol. The molecule has 6 nitrogen and oxygen atoms in total. The van der Waals surface area contributed by atoms with E-state index in [0.717, 1.165) is 43.5 Å². The highest BCUT2D eigenvalue weighted by molar-refractivity contribution is 5.59. The third kappa shape index (κ3) is 2.85. The first kappa shape index (κ1) is 12.8. The molecule has 1 aliphatic rings. The fraction of sp³-hybridized carbons (Fsp3) is 0.357. The first-order chi connectivity index (χ1) is 9.83. The Morgan fingerprint density at radius 1 is 1.15 bits per heavy atom. The zero-order valence-corrected chi connectivity index (χ0v) is 11.4. The van der Waals surface area contributed by atoms with Gasteiger partial charge in [0.2, 0.25) is 5.95 Å². The van der Waals surface area contributed by atoms with E-state index in [-0.39, 0.29) is 0 Å². The van der Waals surface area contributed by atoms with Gasteiger partial charge in [-0.15, -0.1) is 0 Å². The molecule has 104 valence electrons. The summed E-state index contributed by atoms with van der Waals surface area (Å²) in [6, 6.07) is 5.82. The van der Waals surface area contributed by atoms with Crippen LogP contribution in [0.25, 0.3) is 0 Å². The van der Waals surface area contributed by atoms with Crippen LogP contribution in [0.2, 0.25) is 0 Å². The molecule has 0 radical (unpaired) electrons. The molecule has 0 amide bonds. The average Bonchev–Trinajstić information content (AvgIpc) is 2.51. The number of morpholine rings is 1. The number of hydrogen-bond acceptors (Lipinski definition) is 6. The molecule has 1 saturated heterocycles. The van der Waals surface area contributed by atoms with Crippen molar-refractivity contribution in [3.63, 3.8) is 0 Å². The lowest BCUT2D eigenvalue weighted by Gasteiger charge is -2.28. The lowest BCUT2D eigenvalue weighted by atomic mass is 10.3. The topological polar surface area (TPSA) is 63.2 Å². The summed E-state index contributed by atoms with van der Waals surface area (Å²) in [5.74, 6) is 1.57. The maximum absolute atomic E-state index is 5.36. The molecular weight excluding hydrogens is 254 g/mol. The van der Waals surface area contributed by atoms with Crippen molar-refractivity contribution in [2.75, 3.05) is 36.5 Å². The van der Waals surface area contributed by atoms with Crippen LogP contribution < -0.4 is 10.2 Å². The fourth-order valence-electron chi connectivity index (χ4n) is 2.13. The van der Waals surface area contributed by atoms with Crippen LogP contribution in [0.1, 0.15) is 5.69 Å². The summed E-state index contributed by atoms with van der Waals surface area (Å²) < 4.78 is 5.36. The Bertz CT molecular complexity index is 569. The van der Waals surface area contributed by atoms with Gasteiger partial charge in [-0.05, 0) is 25.1 Å². The number of rotatable bonds is 3. The largest absolute Gasteiger partial charge is 0.378 e. The lowest BCUT2D eigenvalue weighted by molar-refractivity contribution is 0.122. The maximum atomic E-state index is 5.36. The van der Waals surface area contributed by atoms with Gasteiger partial charge in [0.1, 0.15) is 5.82 Å². The predicted molar refractivity (Wildman–Crippen MR) is 77.3 cm³/mol. The number of ether oxygens (including phenoxy) is 1. The van der Waals surface area contributed by atoms with Crippen LogP contribution in [0.15, 0.2) is 30.6 Å². The van der Waals surface area contributed by atoms with Gasteiger partial charge >= 0.3 is 0 Å². The summed E-state index contributed by atoms with van der Waals surface area (Å²) in [5.41, 5.74) is 1.86. The quantitative estimate of drug-likeness (QED) is 0.917. The molecule has 0 unspecified atom stereocenters. The summed E-state index contributed by atoms with van der Waals surface area (Å²) in [7, 11) is 0. The molecule has 1 N–H and O–H groups in total.